The van der Waals surface area contributed by atoms with Crippen LogP contribution in [0.5, 0.6) is 0 Å². The standard InChI is InChI=1S/C10H15BrClN3/c1-3-7(4-2)5-13-9-8(11)6-14-10(12)15-9/h6-7H,3-5H2,1-2H3,(H,13,14,15). The van der Waals surface area contributed by atoms with E-state index in [0.29, 0.717) is 5.92 Å². The van der Waals surface area contributed by atoms with Gasteiger partial charge < -0.3 is 5.32 Å². The number of hydrogen-bond acceptors (Lipinski definition) is 3. The predicted octanol–water partition coefficient (Wildman–Crippen LogP) is 3.74. The lowest BCUT2D eigenvalue weighted by Crippen LogP contribution is -2.14. The molecule has 0 saturated heterocycles. The van der Waals surface area contributed by atoms with Gasteiger partial charge in [0, 0.05) is 12.7 Å². The van der Waals surface area contributed by atoms with Gasteiger partial charge in [0.05, 0.1) is 4.47 Å². The van der Waals surface area contributed by atoms with Gasteiger partial charge in [-0.05, 0) is 33.4 Å². The zero-order valence-corrected chi connectivity index (χ0v) is 11.3. The molecular formula is C10H15BrClN3. The van der Waals surface area contributed by atoms with Gasteiger partial charge in [-0.2, -0.15) is 4.98 Å². The van der Waals surface area contributed by atoms with E-state index in [1.54, 1.807) is 6.20 Å². The minimum atomic E-state index is 0.269. The van der Waals surface area contributed by atoms with E-state index in [1.165, 1.54) is 12.8 Å². The van der Waals surface area contributed by atoms with E-state index in [4.69, 9.17) is 11.6 Å². The molecule has 1 heterocycles. The Hall–Kier alpha value is -0.350. The molecule has 0 fully saturated rings. The molecule has 0 spiro atoms. The van der Waals surface area contributed by atoms with Crippen LogP contribution in [0.3, 0.4) is 0 Å². The smallest absolute Gasteiger partial charge is 0.224 e. The molecule has 0 aliphatic carbocycles. The summed E-state index contributed by atoms with van der Waals surface area (Å²) in [6, 6.07) is 0. The Bertz CT molecular complexity index is 316. The van der Waals surface area contributed by atoms with E-state index >= 15 is 0 Å². The molecule has 84 valence electrons. The molecule has 15 heavy (non-hydrogen) atoms. The summed E-state index contributed by atoms with van der Waals surface area (Å²) >= 11 is 9.10. The molecule has 1 aromatic rings. The number of nitrogens with one attached hydrogen (secondary N) is 1. The highest BCUT2D eigenvalue weighted by molar-refractivity contribution is 9.10. The van der Waals surface area contributed by atoms with E-state index < -0.39 is 0 Å². The van der Waals surface area contributed by atoms with Gasteiger partial charge in [-0.15, -0.1) is 0 Å². The molecule has 1 rings (SSSR count). The molecule has 1 aromatic heterocycles. The highest BCUT2D eigenvalue weighted by Gasteiger charge is 2.06. The average Bonchev–Trinajstić information content (AvgIpc) is 2.24. The van der Waals surface area contributed by atoms with Gasteiger partial charge in [0.1, 0.15) is 5.82 Å². The van der Waals surface area contributed by atoms with Crippen LogP contribution in [0, 0.1) is 5.92 Å². The lowest BCUT2D eigenvalue weighted by atomic mass is 10.0. The van der Waals surface area contributed by atoms with Gasteiger partial charge in [0.25, 0.3) is 0 Å². The van der Waals surface area contributed by atoms with Crippen molar-refractivity contribution >= 4 is 33.3 Å². The molecule has 0 saturated carbocycles. The highest BCUT2D eigenvalue weighted by atomic mass is 79.9. The topological polar surface area (TPSA) is 37.8 Å². The van der Waals surface area contributed by atoms with Gasteiger partial charge in [-0.3, -0.25) is 0 Å². The van der Waals surface area contributed by atoms with Crippen LogP contribution in [0.1, 0.15) is 26.7 Å². The van der Waals surface area contributed by atoms with Crippen LogP contribution in [0.15, 0.2) is 10.7 Å². The zero-order chi connectivity index (χ0) is 11.3. The first-order valence-electron chi connectivity index (χ1n) is 5.09. The van der Waals surface area contributed by atoms with Crippen molar-refractivity contribution in [3.05, 3.63) is 16.0 Å². The van der Waals surface area contributed by atoms with Crippen LogP contribution in [0.4, 0.5) is 5.82 Å². The summed E-state index contributed by atoms with van der Waals surface area (Å²) in [4.78, 5) is 7.98. The van der Waals surface area contributed by atoms with Crippen LogP contribution < -0.4 is 5.32 Å². The fraction of sp³-hybridized carbons (Fsp3) is 0.600. The number of aromatic nitrogens is 2. The summed E-state index contributed by atoms with van der Waals surface area (Å²) < 4.78 is 0.845. The summed E-state index contributed by atoms with van der Waals surface area (Å²) in [6.45, 7) is 5.30. The predicted molar refractivity (Wildman–Crippen MR) is 67.3 cm³/mol. The van der Waals surface area contributed by atoms with Crippen LogP contribution >= 0.6 is 27.5 Å². The minimum absolute atomic E-state index is 0.269. The Morgan fingerprint density at radius 3 is 2.73 bits per heavy atom. The van der Waals surface area contributed by atoms with Crippen molar-refractivity contribution in [3.8, 4) is 0 Å². The van der Waals surface area contributed by atoms with E-state index in [1.807, 2.05) is 0 Å². The highest BCUT2D eigenvalue weighted by Crippen LogP contribution is 2.21. The van der Waals surface area contributed by atoms with Crippen molar-refractivity contribution < 1.29 is 0 Å². The molecule has 1 N–H and O–H groups in total. The quantitative estimate of drug-likeness (QED) is 0.840. The fourth-order valence-corrected chi connectivity index (χ4v) is 1.75. The van der Waals surface area contributed by atoms with Crippen molar-refractivity contribution in [2.45, 2.75) is 26.7 Å². The minimum Gasteiger partial charge on any atom is -0.369 e. The maximum absolute atomic E-state index is 5.72. The lowest BCUT2D eigenvalue weighted by molar-refractivity contribution is 0.518. The number of anilines is 1. The van der Waals surface area contributed by atoms with Crippen molar-refractivity contribution in [2.75, 3.05) is 11.9 Å². The van der Waals surface area contributed by atoms with Crippen LogP contribution in [0.2, 0.25) is 5.28 Å². The molecular weight excluding hydrogens is 277 g/mol. The van der Waals surface area contributed by atoms with Crippen molar-refractivity contribution in [3.63, 3.8) is 0 Å². The molecule has 5 heteroatoms. The molecule has 0 aromatic carbocycles. The normalized spacial score (nSPS) is 10.7. The summed E-state index contributed by atoms with van der Waals surface area (Å²) in [6.07, 6.45) is 3.99. The second kappa shape index (κ2) is 6.28. The van der Waals surface area contributed by atoms with E-state index in [2.05, 4.69) is 45.1 Å². The van der Waals surface area contributed by atoms with Crippen LogP contribution in [-0.2, 0) is 0 Å². The largest absolute Gasteiger partial charge is 0.369 e. The second-order valence-corrected chi connectivity index (χ2v) is 4.59. The van der Waals surface area contributed by atoms with E-state index in [-0.39, 0.29) is 5.28 Å². The Balaban J connectivity index is 2.60. The summed E-state index contributed by atoms with van der Waals surface area (Å²) in [5, 5.41) is 3.54. The third kappa shape index (κ3) is 3.95. The molecule has 0 aliphatic rings. The van der Waals surface area contributed by atoms with Crippen molar-refractivity contribution in [2.24, 2.45) is 5.92 Å². The Morgan fingerprint density at radius 1 is 1.47 bits per heavy atom. The summed E-state index contributed by atoms with van der Waals surface area (Å²) in [5.74, 6) is 1.44. The molecule has 0 radical (unpaired) electrons. The van der Waals surface area contributed by atoms with Gasteiger partial charge in [0.15, 0.2) is 0 Å². The average molecular weight is 293 g/mol. The van der Waals surface area contributed by atoms with Crippen molar-refractivity contribution in [1.29, 1.82) is 0 Å². The molecule has 3 nitrogen and oxygen atoms in total. The number of rotatable bonds is 5. The monoisotopic (exact) mass is 291 g/mol. The summed E-state index contributed by atoms with van der Waals surface area (Å²) in [5.41, 5.74) is 0. The van der Waals surface area contributed by atoms with Gasteiger partial charge >= 0.3 is 0 Å². The molecule has 0 amide bonds. The van der Waals surface area contributed by atoms with Crippen molar-refractivity contribution in [1.82, 2.24) is 9.97 Å². The maximum atomic E-state index is 5.72. The molecule has 0 aliphatic heterocycles. The Morgan fingerprint density at radius 2 is 2.13 bits per heavy atom. The maximum Gasteiger partial charge on any atom is 0.224 e. The summed E-state index contributed by atoms with van der Waals surface area (Å²) in [7, 11) is 0. The van der Waals surface area contributed by atoms with E-state index in [0.717, 1.165) is 16.8 Å². The van der Waals surface area contributed by atoms with E-state index in [9.17, 15) is 0 Å². The fourth-order valence-electron chi connectivity index (χ4n) is 1.29. The van der Waals surface area contributed by atoms with Gasteiger partial charge in [-0.1, -0.05) is 26.7 Å². The van der Waals surface area contributed by atoms with Gasteiger partial charge in [0.2, 0.25) is 5.28 Å². The number of nitrogens with zero attached hydrogens (tertiary/aromatic N) is 2. The SMILES string of the molecule is CCC(CC)CNc1nc(Cl)ncc1Br. The second-order valence-electron chi connectivity index (χ2n) is 3.40. The number of hydrogen-bond donors (Lipinski definition) is 1. The zero-order valence-electron chi connectivity index (χ0n) is 8.93. The first-order valence-corrected chi connectivity index (χ1v) is 6.26. The van der Waals surface area contributed by atoms with Crippen LogP contribution in [-0.4, -0.2) is 16.5 Å². The number of halogens is 2. The lowest BCUT2D eigenvalue weighted by Gasteiger charge is -2.14. The Labute approximate surface area is 104 Å². The Kier molecular flexibility index (Phi) is 5.32. The molecule has 0 bridgehead atoms. The first kappa shape index (κ1) is 12.7. The third-order valence-electron chi connectivity index (χ3n) is 2.43. The molecule has 0 atom stereocenters. The van der Waals surface area contributed by atoms with Gasteiger partial charge in [-0.25, -0.2) is 4.98 Å². The van der Waals surface area contributed by atoms with Crippen LogP contribution in [0.25, 0.3) is 0 Å². The first-order chi connectivity index (χ1) is 7.17. The third-order valence-corrected chi connectivity index (χ3v) is 3.19. The molecule has 0 unspecified atom stereocenters.